The number of carbonyl (C=O) groups excluding carboxylic acids is 1. The highest BCUT2D eigenvalue weighted by atomic mass is 16.2. The van der Waals surface area contributed by atoms with Crippen LogP contribution in [0.3, 0.4) is 0 Å². The standard InChI is InChI=1S/C16H24N2O/c1-12-8-9-15(13(2)10-12)18(3)16(19)11-17-14-6-4-5-7-14/h8-10,14,17H,4-7,11H2,1-3H3. The van der Waals surface area contributed by atoms with Crippen molar-refractivity contribution in [3.63, 3.8) is 0 Å². The number of likely N-dealkylation sites (N-methyl/N-ethyl adjacent to an activating group) is 1. The van der Waals surface area contributed by atoms with E-state index in [0.717, 1.165) is 11.3 Å². The van der Waals surface area contributed by atoms with Crippen LogP contribution in [0.1, 0.15) is 36.8 Å². The summed E-state index contributed by atoms with van der Waals surface area (Å²) in [7, 11) is 1.86. The molecule has 0 unspecified atom stereocenters. The molecule has 1 N–H and O–H groups in total. The van der Waals surface area contributed by atoms with Gasteiger partial charge in [0.25, 0.3) is 0 Å². The molecule has 0 saturated heterocycles. The van der Waals surface area contributed by atoms with E-state index < -0.39 is 0 Å². The Morgan fingerprint density at radius 2 is 2.00 bits per heavy atom. The van der Waals surface area contributed by atoms with E-state index in [2.05, 4.69) is 31.3 Å². The Morgan fingerprint density at radius 3 is 2.63 bits per heavy atom. The minimum absolute atomic E-state index is 0.138. The minimum Gasteiger partial charge on any atom is -0.314 e. The maximum Gasteiger partial charge on any atom is 0.240 e. The third-order valence-corrected chi connectivity index (χ3v) is 3.98. The Labute approximate surface area is 116 Å². The zero-order valence-electron chi connectivity index (χ0n) is 12.2. The molecule has 0 bridgehead atoms. The Hall–Kier alpha value is -1.35. The van der Waals surface area contributed by atoms with Crippen molar-refractivity contribution >= 4 is 11.6 Å². The van der Waals surface area contributed by atoms with E-state index in [1.165, 1.54) is 31.2 Å². The van der Waals surface area contributed by atoms with Crippen LogP contribution >= 0.6 is 0 Å². The Morgan fingerprint density at radius 1 is 1.32 bits per heavy atom. The first-order valence-electron chi connectivity index (χ1n) is 7.15. The number of hydrogen-bond acceptors (Lipinski definition) is 2. The van der Waals surface area contributed by atoms with Crippen LogP contribution in [0.2, 0.25) is 0 Å². The predicted molar refractivity (Wildman–Crippen MR) is 79.6 cm³/mol. The normalized spacial score (nSPS) is 15.7. The summed E-state index contributed by atoms with van der Waals surface area (Å²) in [5.41, 5.74) is 3.38. The molecule has 0 heterocycles. The van der Waals surface area contributed by atoms with Gasteiger partial charge in [0, 0.05) is 18.8 Å². The SMILES string of the molecule is Cc1ccc(N(C)C(=O)CNC2CCCC2)c(C)c1. The van der Waals surface area contributed by atoms with Gasteiger partial charge >= 0.3 is 0 Å². The first-order valence-corrected chi connectivity index (χ1v) is 7.15. The van der Waals surface area contributed by atoms with Crippen LogP contribution < -0.4 is 10.2 Å². The molecule has 19 heavy (non-hydrogen) atoms. The van der Waals surface area contributed by atoms with E-state index in [1.54, 1.807) is 4.90 Å². The maximum absolute atomic E-state index is 12.2. The van der Waals surface area contributed by atoms with Crippen LogP contribution in [0.15, 0.2) is 18.2 Å². The highest BCUT2D eigenvalue weighted by Gasteiger charge is 2.18. The minimum atomic E-state index is 0.138. The molecule has 1 aliphatic carbocycles. The summed E-state index contributed by atoms with van der Waals surface area (Å²) in [6, 6.07) is 6.73. The number of nitrogens with zero attached hydrogens (tertiary/aromatic N) is 1. The highest BCUT2D eigenvalue weighted by Crippen LogP contribution is 2.20. The smallest absolute Gasteiger partial charge is 0.240 e. The molecule has 104 valence electrons. The molecule has 0 radical (unpaired) electrons. The summed E-state index contributed by atoms with van der Waals surface area (Å²) in [5, 5.41) is 3.37. The number of benzene rings is 1. The molecule has 1 amide bonds. The maximum atomic E-state index is 12.2. The first kappa shape index (κ1) is 14.1. The second kappa shape index (κ2) is 6.20. The van der Waals surface area contributed by atoms with Gasteiger partial charge in [-0.3, -0.25) is 4.79 Å². The van der Waals surface area contributed by atoms with E-state index in [4.69, 9.17) is 0 Å². The molecule has 1 aromatic rings. The summed E-state index contributed by atoms with van der Waals surface area (Å²) in [5.74, 6) is 0.138. The third kappa shape index (κ3) is 3.57. The summed E-state index contributed by atoms with van der Waals surface area (Å²) < 4.78 is 0. The molecule has 2 rings (SSSR count). The van der Waals surface area contributed by atoms with Crippen molar-refractivity contribution in [2.75, 3.05) is 18.5 Å². The first-order chi connectivity index (χ1) is 9.08. The number of amides is 1. The molecular formula is C16H24N2O. The van der Waals surface area contributed by atoms with Gasteiger partial charge in [0.2, 0.25) is 5.91 Å². The van der Waals surface area contributed by atoms with Crippen molar-refractivity contribution in [1.29, 1.82) is 0 Å². The van der Waals surface area contributed by atoms with Crippen molar-refractivity contribution in [1.82, 2.24) is 5.32 Å². The van der Waals surface area contributed by atoms with Crippen molar-refractivity contribution in [2.24, 2.45) is 0 Å². The van der Waals surface area contributed by atoms with Crippen LogP contribution in [0.4, 0.5) is 5.69 Å². The molecule has 0 aromatic heterocycles. The molecule has 1 saturated carbocycles. The molecule has 3 nitrogen and oxygen atoms in total. The number of nitrogens with one attached hydrogen (secondary N) is 1. The number of carbonyl (C=O) groups is 1. The quantitative estimate of drug-likeness (QED) is 0.903. The van der Waals surface area contributed by atoms with Crippen molar-refractivity contribution in [3.8, 4) is 0 Å². The number of aryl methyl sites for hydroxylation is 2. The molecule has 0 aliphatic heterocycles. The zero-order valence-corrected chi connectivity index (χ0v) is 12.2. The fraction of sp³-hybridized carbons (Fsp3) is 0.562. The van der Waals surface area contributed by atoms with Gasteiger partial charge in [0.1, 0.15) is 0 Å². The molecule has 1 aromatic carbocycles. The fourth-order valence-corrected chi connectivity index (χ4v) is 2.80. The van der Waals surface area contributed by atoms with Crippen LogP contribution in [0, 0.1) is 13.8 Å². The second-order valence-corrected chi connectivity index (χ2v) is 5.60. The summed E-state index contributed by atoms with van der Waals surface area (Å²) in [6.07, 6.45) is 5.00. The van der Waals surface area contributed by atoms with Gasteiger partial charge in [-0.1, -0.05) is 30.5 Å². The lowest BCUT2D eigenvalue weighted by Gasteiger charge is -2.21. The zero-order chi connectivity index (χ0) is 13.8. The topological polar surface area (TPSA) is 32.3 Å². The Bertz CT molecular complexity index is 450. The van der Waals surface area contributed by atoms with Gasteiger partial charge in [-0.15, -0.1) is 0 Å². The highest BCUT2D eigenvalue weighted by molar-refractivity contribution is 5.95. The molecule has 0 atom stereocenters. The molecule has 1 aliphatic rings. The number of anilines is 1. The lowest BCUT2D eigenvalue weighted by Crippen LogP contribution is -2.39. The lowest BCUT2D eigenvalue weighted by molar-refractivity contribution is -0.117. The van der Waals surface area contributed by atoms with Gasteiger partial charge in [-0.2, -0.15) is 0 Å². The second-order valence-electron chi connectivity index (χ2n) is 5.60. The summed E-state index contributed by atoms with van der Waals surface area (Å²) in [4.78, 5) is 14.0. The third-order valence-electron chi connectivity index (χ3n) is 3.98. The summed E-state index contributed by atoms with van der Waals surface area (Å²) in [6.45, 7) is 4.56. The van der Waals surface area contributed by atoms with E-state index >= 15 is 0 Å². The van der Waals surface area contributed by atoms with E-state index in [9.17, 15) is 4.79 Å². The molecule has 1 fully saturated rings. The fourth-order valence-electron chi connectivity index (χ4n) is 2.80. The Balaban J connectivity index is 1.94. The number of hydrogen-bond donors (Lipinski definition) is 1. The average Bonchev–Trinajstić information content (AvgIpc) is 2.88. The molecular weight excluding hydrogens is 236 g/mol. The van der Waals surface area contributed by atoms with Crippen molar-refractivity contribution in [2.45, 2.75) is 45.6 Å². The van der Waals surface area contributed by atoms with Crippen LogP contribution in [0.25, 0.3) is 0 Å². The van der Waals surface area contributed by atoms with E-state index in [1.807, 2.05) is 13.1 Å². The van der Waals surface area contributed by atoms with Crippen LogP contribution in [-0.4, -0.2) is 25.5 Å². The van der Waals surface area contributed by atoms with Gasteiger partial charge in [-0.25, -0.2) is 0 Å². The van der Waals surface area contributed by atoms with Gasteiger partial charge in [0.05, 0.1) is 6.54 Å². The number of rotatable bonds is 4. The van der Waals surface area contributed by atoms with Gasteiger partial charge in [0.15, 0.2) is 0 Å². The Kier molecular flexibility index (Phi) is 4.59. The van der Waals surface area contributed by atoms with Gasteiger partial charge in [-0.05, 0) is 38.3 Å². The van der Waals surface area contributed by atoms with E-state index in [-0.39, 0.29) is 5.91 Å². The summed E-state index contributed by atoms with van der Waals surface area (Å²) >= 11 is 0. The average molecular weight is 260 g/mol. The van der Waals surface area contributed by atoms with E-state index in [0.29, 0.717) is 12.6 Å². The van der Waals surface area contributed by atoms with Crippen LogP contribution in [-0.2, 0) is 4.79 Å². The monoisotopic (exact) mass is 260 g/mol. The molecule has 3 heteroatoms. The largest absolute Gasteiger partial charge is 0.314 e. The lowest BCUT2D eigenvalue weighted by atomic mass is 10.1. The van der Waals surface area contributed by atoms with Gasteiger partial charge < -0.3 is 10.2 Å². The predicted octanol–water partition coefficient (Wildman–Crippen LogP) is 2.80. The van der Waals surface area contributed by atoms with Crippen molar-refractivity contribution < 1.29 is 4.79 Å². The van der Waals surface area contributed by atoms with Crippen molar-refractivity contribution in [3.05, 3.63) is 29.3 Å². The molecule has 0 spiro atoms. The van der Waals surface area contributed by atoms with Crippen LogP contribution in [0.5, 0.6) is 0 Å².